The zero-order valence-corrected chi connectivity index (χ0v) is 11.6. The molecule has 18 heavy (non-hydrogen) atoms. The maximum absolute atomic E-state index is 12.0. The van der Waals surface area contributed by atoms with Crippen molar-refractivity contribution in [1.29, 1.82) is 0 Å². The summed E-state index contributed by atoms with van der Waals surface area (Å²) in [5.41, 5.74) is 0.452. The number of halogens is 1. The number of benzene rings is 1. The molecule has 0 bridgehead atoms. The normalized spacial score (nSPS) is 17.6. The highest BCUT2D eigenvalue weighted by Crippen LogP contribution is 2.23. The van der Waals surface area contributed by atoms with Crippen LogP contribution in [0.3, 0.4) is 0 Å². The molecule has 0 aromatic heterocycles. The highest BCUT2D eigenvalue weighted by atomic mass is 35.5. The first kappa shape index (κ1) is 13.6. The van der Waals surface area contributed by atoms with E-state index >= 15 is 0 Å². The Kier molecular flexibility index (Phi) is 4.48. The molecule has 0 unspecified atom stereocenters. The third kappa shape index (κ3) is 3.86. The molecule has 6 heteroatoms. The Bertz CT molecular complexity index is 499. The average Bonchev–Trinajstić information content (AvgIpc) is 2.32. The van der Waals surface area contributed by atoms with E-state index in [1.807, 2.05) is 0 Å². The lowest BCUT2D eigenvalue weighted by Gasteiger charge is -2.22. The van der Waals surface area contributed by atoms with Crippen molar-refractivity contribution < 1.29 is 8.42 Å². The number of para-hydroxylation sites is 1. The molecule has 2 rings (SSSR count). The molecular weight excluding hydrogens is 272 g/mol. The topological polar surface area (TPSA) is 58.2 Å². The predicted octanol–water partition coefficient (Wildman–Crippen LogP) is 2.08. The predicted molar refractivity (Wildman–Crippen MR) is 74.5 cm³/mol. The van der Waals surface area contributed by atoms with E-state index in [0.29, 0.717) is 10.7 Å². The summed E-state index contributed by atoms with van der Waals surface area (Å²) in [6.07, 6.45) is 1.81. The van der Waals surface area contributed by atoms with Crippen molar-refractivity contribution in [2.45, 2.75) is 12.8 Å². The van der Waals surface area contributed by atoms with Crippen LogP contribution < -0.4 is 10.0 Å². The molecule has 2 N–H and O–H groups in total. The van der Waals surface area contributed by atoms with Crippen LogP contribution in [-0.4, -0.2) is 27.3 Å². The van der Waals surface area contributed by atoms with Gasteiger partial charge in [0.15, 0.2) is 0 Å². The molecule has 100 valence electrons. The van der Waals surface area contributed by atoms with Crippen LogP contribution in [0.4, 0.5) is 5.69 Å². The Morgan fingerprint density at radius 2 is 1.94 bits per heavy atom. The quantitative estimate of drug-likeness (QED) is 0.892. The van der Waals surface area contributed by atoms with Crippen molar-refractivity contribution in [1.82, 2.24) is 5.32 Å². The van der Waals surface area contributed by atoms with Crippen LogP contribution in [0.25, 0.3) is 0 Å². The van der Waals surface area contributed by atoms with Crippen LogP contribution >= 0.6 is 11.6 Å². The van der Waals surface area contributed by atoms with Crippen molar-refractivity contribution in [3.8, 4) is 0 Å². The molecule has 1 aromatic carbocycles. The molecule has 0 aliphatic carbocycles. The van der Waals surface area contributed by atoms with Gasteiger partial charge in [-0.05, 0) is 44.0 Å². The molecule has 1 aromatic rings. The van der Waals surface area contributed by atoms with Gasteiger partial charge >= 0.3 is 0 Å². The van der Waals surface area contributed by atoms with Gasteiger partial charge in [0.25, 0.3) is 0 Å². The minimum Gasteiger partial charge on any atom is -0.317 e. The molecule has 0 radical (unpaired) electrons. The number of sulfonamides is 1. The number of hydrogen-bond donors (Lipinski definition) is 2. The first-order valence-electron chi connectivity index (χ1n) is 6.02. The fourth-order valence-corrected chi connectivity index (χ4v) is 3.90. The zero-order valence-electron chi connectivity index (χ0n) is 10.0. The third-order valence-corrected chi connectivity index (χ3v) is 4.82. The van der Waals surface area contributed by atoms with Crippen LogP contribution in [0.2, 0.25) is 5.02 Å². The minimum atomic E-state index is -3.32. The summed E-state index contributed by atoms with van der Waals surface area (Å²) in [6.45, 7) is 1.79. The van der Waals surface area contributed by atoms with Gasteiger partial charge in [-0.15, -0.1) is 0 Å². The standard InChI is InChI=1S/C12H17ClN2O2S/c13-11-3-1-2-4-12(11)15-18(16,17)9-10-5-7-14-8-6-10/h1-4,10,14-15H,5-9H2. The second-order valence-electron chi connectivity index (χ2n) is 4.56. The summed E-state index contributed by atoms with van der Waals surface area (Å²) in [5.74, 6) is 0.395. The second-order valence-corrected chi connectivity index (χ2v) is 6.73. The van der Waals surface area contributed by atoms with E-state index in [1.165, 1.54) is 0 Å². The fourth-order valence-electron chi connectivity index (χ4n) is 2.11. The van der Waals surface area contributed by atoms with Gasteiger partial charge in [-0.25, -0.2) is 8.42 Å². The van der Waals surface area contributed by atoms with Gasteiger partial charge in [-0.2, -0.15) is 0 Å². The van der Waals surface area contributed by atoms with E-state index in [4.69, 9.17) is 11.6 Å². The van der Waals surface area contributed by atoms with Crippen molar-refractivity contribution in [3.05, 3.63) is 29.3 Å². The SMILES string of the molecule is O=S(=O)(CC1CCNCC1)Nc1ccccc1Cl. The smallest absolute Gasteiger partial charge is 0.233 e. The monoisotopic (exact) mass is 288 g/mol. The Balaban J connectivity index is 2.01. The molecule has 4 nitrogen and oxygen atoms in total. The molecule has 1 saturated heterocycles. The second kappa shape index (κ2) is 5.91. The van der Waals surface area contributed by atoms with Crippen molar-refractivity contribution >= 4 is 27.3 Å². The molecule has 1 aliphatic heterocycles. The van der Waals surface area contributed by atoms with E-state index < -0.39 is 10.0 Å². The van der Waals surface area contributed by atoms with Crippen LogP contribution in [0, 0.1) is 5.92 Å². The number of rotatable bonds is 4. The summed E-state index contributed by atoms with van der Waals surface area (Å²) < 4.78 is 26.6. The van der Waals surface area contributed by atoms with E-state index in [1.54, 1.807) is 24.3 Å². The zero-order chi connectivity index (χ0) is 13.0. The maximum atomic E-state index is 12.0. The van der Waals surface area contributed by atoms with Crippen LogP contribution in [0.5, 0.6) is 0 Å². The van der Waals surface area contributed by atoms with Crippen molar-refractivity contribution in [2.75, 3.05) is 23.6 Å². The van der Waals surface area contributed by atoms with Crippen LogP contribution in [0.1, 0.15) is 12.8 Å². The molecule has 1 heterocycles. The van der Waals surface area contributed by atoms with Gasteiger partial charge in [-0.3, -0.25) is 4.72 Å². The Hall–Kier alpha value is -0.780. The maximum Gasteiger partial charge on any atom is 0.233 e. The number of hydrogen-bond acceptors (Lipinski definition) is 3. The minimum absolute atomic E-state index is 0.167. The Labute approximate surface area is 113 Å². The van der Waals surface area contributed by atoms with Crippen LogP contribution in [0.15, 0.2) is 24.3 Å². The first-order chi connectivity index (χ1) is 8.57. The lowest BCUT2D eigenvalue weighted by atomic mass is 10.0. The van der Waals surface area contributed by atoms with Gasteiger partial charge in [0.1, 0.15) is 0 Å². The summed E-state index contributed by atoms with van der Waals surface area (Å²) in [4.78, 5) is 0. The van der Waals surface area contributed by atoms with Gasteiger partial charge in [0.05, 0.1) is 16.5 Å². The average molecular weight is 289 g/mol. The molecule has 0 atom stereocenters. The first-order valence-corrected chi connectivity index (χ1v) is 8.05. The number of anilines is 1. The molecular formula is C12H17ClN2O2S. The van der Waals surface area contributed by atoms with Crippen molar-refractivity contribution in [2.24, 2.45) is 5.92 Å². The summed E-state index contributed by atoms with van der Waals surface area (Å²) in [5, 5.41) is 3.65. The van der Waals surface area contributed by atoms with E-state index in [2.05, 4.69) is 10.0 Å². The van der Waals surface area contributed by atoms with Gasteiger partial charge in [0.2, 0.25) is 10.0 Å². The molecule has 1 fully saturated rings. The Morgan fingerprint density at radius 1 is 1.28 bits per heavy atom. The number of piperidine rings is 1. The summed E-state index contributed by atoms with van der Waals surface area (Å²) >= 11 is 5.94. The Morgan fingerprint density at radius 3 is 2.61 bits per heavy atom. The van der Waals surface area contributed by atoms with Gasteiger partial charge in [0, 0.05) is 0 Å². The molecule has 1 aliphatic rings. The molecule has 0 amide bonds. The van der Waals surface area contributed by atoms with Crippen molar-refractivity contribution in [3.63, 3.8) is 0 Å². The van der Waals surface area contributed by atoms with Gasteiger partial charge in [-0.1, -0.05) is 23.7 Å². The van der Waals surface area contributed by atoms with Crippen LogP contribution in [-0.2, 0) is 10.0 Å². The molecule has 0 saturated carbocycles. The number of nitrogens with one attached hydrogen (secondary N) is 2. The largest absolute Gasteiger partial charge is 0.317 e. The van der Waals surface area contributed by atoms with E-state index in [-0.39, 0.29) is 11.7 Å². The highest BCUT2D eigenvalue weighted by molar-refractivity contribution is 7.92. The third-order valence-electron chi connectivity index (χ3n) is 3.05. The van der Waals surface area contributed by atoms with Gasteiger partial charge < -0.3 is 5.32 Å². The van der Waals surface area contributed by atoms with E-state index in [0.717, 1.165) is 25.9 Å². The van der Waals surface area contributed by atoms with E-state index in [9.17, 15) is 8.42 Å². The lowest BCUT2D eigenvalue weighted by Crippen LogP contribution is -2.33. The molecule has 0 spiro atoms. The highest BCUT2D eigenvalue weighted by Gasteiger charge is 2.21. The summed E-state index contributed by atoms with van der Waals surface area (Å²) in [7, 11) is -3.32. The lowest BCUT2D eigenvalue weighted by molar-refractivity contribution is 0.402. The summed E-state index contributed by atoms with van der Waals surface area (Å²) in [6, 6.07) is 6.87. The fraction of sp³-hybridized carbons (Fsp3) is 0.500.